The van der Waals surface area contributed by atoms with Gasteiger partial charge in [0.2, 0.25) is 5.75 Å². The normalized spacial score (nSPS) is 19.9. The molecule has 1 amide bonds. The minimum absolute atomic E-state index is 0.0380. The second-order valence-corrected chi connectivity index (χ2v) is 7.46. The van der Waals surface area contributed by atoms with Crippen molar-refractivity contribution in [2.45, 2.75) is 52.9 Å². The van der Waals surface area contributed by atoms with Crippen molar-refractivity contribution in [3.63, 3.8) is 0 Å². The largest absolute Gasteiger partial charge is 0.461 e. The first-order valence-corrected chi connectivity index (χ1v) is 7.77. The predicted octanol–water partition coefficient (Wildman–Crippen LogP) is 3.36. The van der Waals surface area contributed by atoms with Crippen LogP contribution in [-0.4, -0.2) is 39.3 Å². The van der Waals surface area contributed by atoms with E-state index in [4.69, 9.17) is 9.47 Å². The Labute approximate surface area is 140 Å². The first-order valence-electron chi connectivity index (χ1n) is 7.77. The monoisotopic (exact) mass is 337 g/mol. The lowest BCUT2D eigenvalue weighted by Gasteiger charge is -2.33. The molecular weight excluding hydrogens is 314 g/mol. The number of likely N-dealkylation sites (tertiary alicyclic amines) is 1. The van der Waals surface area contributed by atoms with E-state index in [1.165, 1.54) is 17.2 Å². The molecule has 0 unspecified atom stereocenters. The number of hydrogen-bond acceptors (Lipinski definition) is 6. The third kappa shape index (κ3) is 3.93. The van der Waals surface area contributed by atoms with Crippen LogP contribution in [-0.2, 0) is 4.74 Å². The van der Waals surface area contributed by atoms with Crippen molar-refractivity contribution in [1.29, 1.82) is 0 Å². The van der Waals surface area contributed by atoms with Gasteiger partial charge in [-0.1, -0.05) is 13.8 Å². The maximum atomic E-state index is 12.4. The Bertz CT molecular complexity index is 639. The Morgan fingerprint density at radius 3 is 2.71 bits per heavy atom. The molecule has 0 aromatic carbocycles. The average molecular weight is 337 g/mol. The van der Waals surface area contributed by atoms with Gasteiger partial charge in [-0.3, -0.25) is 4.90 Å². The summed E-state index contributed by atoms with van der Waals surface area (Å²) in [4.78, 5) is 28.2. The van der Waals surface area contributed by atoms with Crippen molar-refractivity contribution >= 4 is 11.9 Å². The van der Waals surface area contributed by atoms with Crippen LogP contribution in [0.3, 0.4) is 0 Å². The second-order valence-electron chi connectivity index (χ2n) is 7.46. The standard InChI is InChI=1S/C16H23N3O5/c1-15(2,3)24-14(20)18-10-8-16(4,5)13(18)23-11-7-6-9-17-12(11)19(21)22/h6-7,9,13H,8,10H2,1-5H3/t13-/m1/s1. The van der Waals surface area contributed by atoms with Crippen LogP contribution in [0.4, 0.5) is 10.6 Å². The highest BCUT2D eigenvalue weighted by atomic mass is 16.6. The van der Waals surface area contributed by atoms with E-state index >= 15 is 0 Å². The Morgan fingerprint density at radius 1 is 1.46 bits per heavy atom. The summed E-state index contributed by atoms with van der Waals surface area (Å²) in [5.41, 5.74) is -1.00. The Balaban J connectivity index is 2.28. The lowest BCUT2D eigenvalue weighted by atomic mass is 9.91. The summed E-state index contributed by atoms with van der Waals surface area (Å²) >= 11 is 0. The minimum atomic E-state index is -0.671. The maximum Gasteiger partial charge on any atom is 0.413 e. The van der Waals surface area contributed by atoms with Gasteiger partial charge in [-0.15, -0.1) is 0 Å². The molecule has 0 spiro atoms. The fourth-order valence-electron chi connectivity index (χ4n) is 2.53. The SMILES string of the molecule is CC(C)(C)OC(=O)N1CCC(C)(C)[C@H]1Oc1cccnc1[N+](=O)[O-]. The van der Waals surface area contributed by atoms with Crippen LogP contribution in [0.15, 0.2) is 18.3 Å². The van der Waals surface area contributed by atoms with E-state index < -0.39 is 22.8 Å². The molecule has 0 aliphatic carbocycles. The molecule has 1 aromatic rings. The second kappa shape index (κ2) is 6.26. The van der Waals surface area contributed by atoms with Gasteiger partial charge in [-0.05, 0) is 49.2 Å². The summed E-state index contributed by atoms with van der Waals surface area (Å²) in [5.74, 6) is -0.333. The molecular formula is C16H23N3O5. The number of ether oxygens (including phenoxy) is 2. The van der Waals surface area contributed by atoms with Crippen LogP contribution in [0.1, 0.15) is 41.0 Å². The highest BCUT2D eigenvalue weighted by molar-refractivity contribution is 5.69. The number of carbonyl (C=O) groups is 1. The summed E-state index contributed by atoms with van der Waals surface area (Å²) < 4.78 is 11.3. The molecule has 1 aromatic heterocycles. The minimum Gasteiger partial charge on any atom is -0.461 e. The molecule has 24 heavy (non-hydrogen) atoms. The third-order valence-electron chi connectivity index (χ3n) is 3.74. The van der Waals surface area contributed by atoms with Gasteiger partial charge in [0.05, 0.1) is 0 Å². The fraction of sp³-hybridized carbons (Fsp3) is 0.625. The highest BCUT2D eigenvalue weighted by Crippen LogP contribution is 2.39. The zero-order chi connectivity index (χ0) is 18.1. The molecule has 8 heteroatoms. The van der Waals surface area contributed by atoms with Crippen LogP contribution in [0.2, 0.25) is 0 Å². The smallest absolute Gasteiger partial charge is 0.413 e. The van der Waals surface area contributed by atoms with Crippen molar-refractivity contribution in [3.8, 4) is 5.75 Å². The lowest BCUT2D eigenvalue weighted by molar-refractivity contribution is -0.391. The van der Waals surface area contributed by atoms with Gasteiger partial charge in [-0.2, -0.15) is 0 Å². The van der Waals surface area contributed by atoms with Gasteiger partial charge in [0.25, 0.3) is 0 Å². The fourth-order valence-corrected chi connectivity index (χ4v) is 2.53. The summed E-state index contributed by atoms with van der Waals surface area (Å²) in [5, 5.41) is 11.1. The molecule has 1 atom stereocenters. The van der Waals surface area contributed by atoms with E-state index in [9.17, 15) is 14.9 Å². The van der Waals surface area contributed by atoms with Crippen molar-refractivity contribution < 1.29 is 19.2 Å². The predicted molar refractivity (Wildman–Crippen MR) is 86.6 cm³/mol. The Kier molecular flexibility index (Phi) is 4.68. The van der Waals surface area contributed by atoms with E-state index in [-0.39, 0.29) is 17.0 Å². The van der Waals surface area contributed by atoms with Crippen LogP contribution >= 0.6 is 0 Å². The number of aromatic nitrogens is 1. The molecule has 2 heterocycles. The van der Waals surface area contributed by atoms with E-state index in [0.29, 0.717) is 13.0 Å². The average Bonchev–Trinajstić information content (AvgIpc) is 2.73. The molecule has 1 aliphatic heterocycles. The molecule has 1 fully saturated rings. The van der Waals surface area contributed by atoms with Gasteiger partial charge < -0.3 is 19.6 Å². The van der Waals surface area contributed by atoms with Gasteiger partial charge in [-0.25, -0.2) is 4.79 Å². The van der Waals surface area contributed by atoms with E-state index in [1.54, 1.807) is 26.8 Å². The number of pyridine rings is 1. The van der Waals surface area contributed by atoms with Crippen LogP contribution in [0.25, 0.3) is 0 Å². The number of nitro groups is 1. The van der Waals surface area contributed by atoms with Crippen LogP contribution < -0.4 is 4.74 Å². The summed E-state index contributed by atoms with van der Waals surface area (Å²) in [6.45, 7) is 9.71. The number of carbonyl (C=O) groups excluding carboxylic acids is 1. The Morgan fingerprint density at radius 2 is 2.12 bits per heavy atom. The van der Waals surface area contributed by atoms with E-state index in [2.05, 4.69) is 4.98 Å². The van der Waals surface area contributed by atoms with Gasteiger partial charge in [0.1, 0.15) is 11.8 Å². The van der Waals surface area contributed by atoms with Crippen molar-refractivity contribution in [2.24, 2.45) is 5.41 Å². The number of rotatable bonds is 3. The quantitative estimate of drug-likeness (QED) is 0.620. The summed E-state index contributed by atoms with van der Waals surface area (Å²) in [6, 6.07) is 3.04. The molecule has 2 rings (SSSR count). The van der Waals surface area contributed by atoms with Crippen LogP contribution in [0, 0.1) is 15.5 Å². The molecule has 0 bridgehead atoms. The first kappa shape index (κ1) is 18.0. The van der Waals surface area contributed by atoms with Gasteiger partial charge in [0, 0.05) is 12.0 Å². The number of amides is 1. The molecule has 0 N–H and O–H groups in total. The molecule has 0 radical (unpaired) electrons. The molecule has 1 saturated heterocycles. The van der Waals surface area contributed by atoms with Gasteiger partial charge in [0.15, 0.2) is 6.23 Å². The highest BCUT2D eigenvalue weighted by Gasteiger charge is 2.46. The third-order valence-corrected chi connectivity index (χ3v) is 3.74. The summed E-state index contributed by atoms with van der Waals surface area (Å²) in [7, 11) is 0. The van der Waals surface area contributed by atoms with Crippen LogP contribution in [0.5, 0.6) is 5.75 Å². The topological polar surface area (TPSA) is 94.8 Å². The molecule has 0 saturated carbocycles. The van der Waals surface area contributed by atoms with E-state index in [1.807, 2.05) is 13.8 Å². The Hall–Kier alpha value is -2.38. The number of hydrogen-bond donors (Lipinski definition) is 0. The van der Waals surface area contributed by atoms with Crippen molar-refractivity contribution in [3.05, 3.63) is 28.4 Å². The number of nitrogens with zero attached hydrogens (tertiary/aromatic N) is 3. The van der Waals surface area contributed by atoms with E-state index in [0.717, 1.165) is 0 Å². The van der Waals surface area contributed by atoms with Crippen molar-refractivity contribution in [2.75, 3.05) is 6.54 Å². The zero-order valence-corrected chi connectivity index (χ0v) is 14.6. The zero-order valence-electron chi connectivity index (χ0n) is 14.6. The lowest BCUT2D eigenvalue weighted by Crippen LogP contribution is -2.46. The molecule has 8 nitrogen and oxygen atoms in total. The van der Waals surface area contributed by atoms with Crippen molar-refractivity contribution in [1.82, 2.24) is 9.88 Å². The van der Waals surface area contributed by atoms with Gasteiger partial charge >= 0.3 is 11.9 Å². The summed E-state index contributed by atoms with van der Waals surface area (Å²) in [6.07, 6.45) is 0.862. The molecule has 1 aliphatic rings. The maximum absolute atomic E-state index is 12.4. The first-order chi connectivity index (χ1) is 11.0. The molecule has 132 valence electrons.